The number of benzene rings is 1. The molecule has 0 unspecified atom stereocenters. The molecule has 0 amide bonds. The van der Waals surface area contributed by atoms with Crippen LogP contribution in [0.3, 0.4) is 0 Å². The molecule has 0 saturated carbocycles. The van der Waals surface area contributed by atoms with E-state index in [1.165, 1.54) is 0 Å². The van der Waals surface area contributed by atoms with E-state index in [2.05, 4.69) is 15.3 Å². The van der Waals surface area contributed by atoms with Crippen LogP contribution in [-0.2, 0) is 6.54 Å². The Balaban J connectivity index is 0.00000242. The van der Waals surface area contributed by atoms with Gasteiger partial charge in [-0.1, -0.05) is 6.07 Å². The van der Waals surface area contributed by atoms with Gasteiger partial charge in [0.15, 0.2) is 5.96 Å². The van der Waals surface area contributed by atoms with Gasteiger partial charge in [0, 0.05) is 24.0 Å². The molecule has 118 valence electrons. The molecule has 0 radical (unpaired) electrons. The van der Waals surface area contributed by atoms with Crippen molar-refractivity contribution in [2.75, 3.05) is 19.5 Å². The molecule has 0 saturated heterocycles. The van der Waals surface area contributed by atoms with Crippen LogP contribution in [0.1, 0.15) is 5.56 Å². The fourth-order valence-electron chi connectivity index (χ4n) is 1.73. The summed E-state index contributed by atoms with van der Waals surface area (Å²) in [6, 6.07) is 11.2. The monoisotopic (exact) mass is 414 g/mol. The predicted octanol–water partition coefficient (Wildman–Crippen LogP) is 2.64. The number of methoxy groups -OCH3 is 2. The standard InChI is InChI=1S/C15H18N4O2.HI/c1-20-13-5-3-4-12(9-13)19-15(16)18-10-11-6-7-17-14(8-11)21-2;/h3-9H,10H2,1-2H3,(H3,16,18,19);1H. The predicted molar refractivity (Wildman–Crippen MR) is 98.1 cm³/mol. The number of nitrogens with zero attached hydrogens (tertiary/aromatic N) is 2. The van der Waals surface area contributed by atoms with E-state index in [0.29, 0.717) is 18.4 Å². The molecule has 1 aromatic carbocycles. The molecule has 7 heteroatoms. The van der Waals surface area contributed by atoms with Crippen LogP contribution in [0.5, 0.6) is 11.6 Å². The smallest absolute Gasteiger partial charge is 0.213 e. The van der Waals surface area contributed by atoms with Gasteiger partial charge in [-0.25, -0.2) is 9.98 Å². The van der Waals surface area contributed by atoms with Crippen LogP contribution in [0.15, 0.2) is 47.6 Å². The SMILES string of the molecule is COc1cccc(NC(N)=NCc2ccnc(OC)c2)c1.I. The van der Waals surface area contributed by atoms with Crippen molar-refractivity contribution in [3.8, 4) is 11.6 Å². The number of hydrogen-bond acceptors (Lipinski definition) is 4. The topological polar surface area (TPSA) is 81.8 Å². The molecule has 2 aromatic rings. The molecule has 0 atom stereocenters. The number of pyridine rings is 1. The van der Waals surface area contributed by atoms with Gasteiger partial charge < -0.3 is 20.5 Å². The summed E-state index contributed by atoms with van der Waals surface area (Å²) >= 11 is 0. The third-order valence-electron chi connectivity index (χ3n) is 2.78. The van der Waals surface area contributed by atoms with Gasteiger partial charge in [-0.3, -0.25) is 0 Å². The van der Waals surface area contributed by atoms with Gasteiger partial charge in [0.25, 0.3) is 0 Å². The maximum atomic E-state index is 5.87. The highest BCUT2D eigenvalue weighted by atomic mass is 127. The van der Waals surface area contributed by atoms with Gasteiger partial charge >= 0.3 is 0 Å². The van der Waals surface area contributed by atoms with Crippen LogP contribution in [0.25, 0.3) is 0 Å². The normalized spacial score (nSPS) is 10.5. The Morgan fingerprint density at radius 3 is 2.77 bits per heavy atom. The largest absolute Gasteiger partial charge is 0.497 e. The number of guanidine groups is 1. The van der Waals surface area contributed by atoms with Crippen LogP contribution >= 0.6 is 24.0 Å². The molecule has 6 nitrogen and oxygen atoms in total. The summed E-state index contributed by atoms with van der Waals surface area (Å²) in [5.74, 6) is 1.65. The Hall–Kier alpha value is -2.03. The summed E-state index contributed by atoms with van der Waals surface area (Å²) in [5, 5.41) is 3.02. The second kappa shape index (κ2) is 9.08. The molecule has 22 heavy (non-hydrogen) atoms. The average molecular weight is 414 g/mol. The van der Waals surface area contributed by atoms with Crippen molar-refractivity contribution in [1.82, 2.24) is 4.98 Å². The zero-order chi connectivity index (χ0) is 15.1. The minimum atomic E-state index is 0. The lowest BCUT2D eigenvalue weighted by atomic mass is 10.3. The molecule has 0 bridgehead atoms. The lowest BCUT2D eigenvalue weighted by molar-refractivity contribution is 0.397. The average Bonchev–Trinajstić information content (AvgIpc) is 2.53. The van der Waals surface area contributed by atoms with Crippen molar-refractivity contribution < 1.29 is 9.47 Å². The fraction of sp³-hybridized carbons (Fsp3) is 0.200. The van der Waals surface area contributed by atoms with E-state index in [-0.39, 0.29) is 24.0 Å². The first-order chi connectivity index (χ1) is 10.2. The number of nitrogens with one attached hydrogen (secondary N) is 1. The zero-order valence-corrected chi connectivity index (χ0v) is 14.8. The number of aromatic nitrogens is 1. The summed E-state index contributed by atoms with van der Waals surface area (Å²) in [6.45, 7) is 0.446. The molecule has 1 aromatic heterocycles. The lowest BCUT2D eigenvalue weighted by Gasteiger charge is -2.07. The van der Waals surface area contributed by atoms with Gasteiger partial charge in [-0.2, -0.15) is 0 Å². The first-order valence-electron chi connectivity index (χ1n) is 6.41. The molecule has 0 aliphatic carbocycles. The van der Waals surface area contributed by atoms with E-state index in [0.717, 1.165) is 17.0 Å². The Kier molecular flexibility index (Phi) is 7.44. The van der Waals surface area contributed by atoms with Crippen LogP contribution in [0, 0.1) is 0 Å². The lowest BCUT2D eigenvalue weighted by Crippen LogP contribution is -2.22. The third kappa shape index (κ3) is 5.40. The number of hydrogen-bond donors (Lipinski definition) is 2. The zero-order valence-electron chi connectivity index (χ0n) is 12.4. The molecular formula is C15H19IN4O2. The maximum Gasteiger partial charge on any atom is 0.213 e. The van der Waals surface area contributed by atoms with Crippen LogP contribution in [0.2, 0.25) is 0 Å². The van der Waals surface area contributed by atoms with Gasteiger partial charge in [0.05, 0.1) is 20.8 Å². The molecule has 3 N–H and O–H groups in total. The fourth-order valence-corrected chi connectivity index (χ4v) is 1.73. The number of anilines is 1. The Morgan fingerprint density at radius 1 is 1.23 bits per heavy atom. The first-order valence-corrected chi connectivity index (χ1v) is 6.41. The molecule has 0 aliphatic rings. The Labute approximate surface area is 146 Å². The van der Waals surface area contributed by atoms with E-state index >= 15 is 0 Å². The van der Waals surface area contributed by atoms with Gasteiger partial charge in [0.1, 0.15) is 5.75 Å². The molecule has 1 heterocycles. The summed E-state index contributed by atoms with van der Waals surface area (Å²) < 4.78 is 10.2. The van der Waals surface area contributed by atoms with Crippen molar-refractivity contribution >= 4 is 35.6 Å². The number of aliphatic imine (C=N–C) groups is 1. The molecule has 0 spiro atoms. The van der Waals surface area contributed by atoms with Gasteiger partial charge in [-0.05, 0) is 23.8 Å². The Bertz CT molecular complexity index is 634. The number of nitrogens with two attached hydrogens (primary N) is 1. The maximum absolute atomic E-state index is 5.87. The number of ether oxygens (including phenoxy) is 2. The number of rotatable bonds is 5. The Morgan fingerprint density at radius 2 is 2.05 bits per heavy atom. The summed E-state index contributed by atoms with van der Waals surface area (Å²) in [5.41, 5.74) is 7.66. The van der Waals surface area contributed by atoms with Crippen molar-refractivity contribution in [1.29, 1.82) is 0 Å². The van der Waals surface area contributed by atoms with Crippen LogP contribution in [0.4, 0.5) is 5.69 Å². The number of halogens is 1. The minimum Gasteiger partial charge on any atom is -0.497 e. The van der Waals surface area contributed by atoms with Crippen molar-refractivity contribution in [3.05, 3.63) is 48.2 Å². The van der Waals surface area contributed by atoms with Gasteiger partial charge in [0.2, 0.25) is 5.88 Å². The van der Waals surface area contributed by atoms with E-state index in [9.17, 15) is 0 Å². The van der Waals surface area contributed by atoms with Gasteiger partial charge in [-0.15, -0.1) is 24.0 Å². The molecule has 0 aliphatic heterocycles. The highest BCUT2D eigenvalue weighted by Gasteiger charge is 1.99. The molecular weight excluding hydrogens is 395 g/mol. The second-order valence-corrected chi connectivity index (χ2v) is 4.26. The molecule has 2 rings (SSSR count). The van der Waals surface area contributed by atoms with E-state index in [1.807, 2.05) is 36.4 Å². The minimum absolute atomic E-state index is 0. The van der Waals surface area contributed by atoms with E-state index in [1.54, 1.807) is 20.4 Å². The van der Waals surface area contributed by atoms with E-state index < -0.39 is 0 Å². The highest BCUT2D eigenvalue weighted by molar-refractivity contribution is 14.0. The van der Waals surface area contributed by atoms with Crippen molar-refractivity contribution in [2.45, 2.75) is 6.54 Å². The van der Waals surface area contributed by atoms with E-state index in [4.69, 9.17) is 15.2 Å². The third-order valence-corrected chi connectivity index (χ3v) is 2.78. The van der Waals surface area contributed by atoms with Crippen molar-refractivity contribution in [3.63, 3.8) is 0 Å². The highest BCUT2D eigenvalue weighted by Crippen LogP contribution is 2.16. The van der Waals surface area contributed by atoms with Crippen LogP contribution in [-0.4, -0.2) is 25.2 Å². The second-order valence-electron chi connectivity index (χ2n) is 4.26. The molecule has 0 fully saturated rings. The quantitative estimate of drug-likeness (QED) is 0.447. The summed E-state index contributed by atoms with van der Waals surface area (Å²) in [6.07, 6.45) is 1.68. The first kappa shape index (κ1) is 18.0. The van der Waals surface area contributed by atoms with Crippen LogP contribution < -0.4 is 20.5 Å². The summed E-state index contributed by atoms with van der Waals surface area (Å²) in [4.78, 5) is 8.32. The van der Waals surface area contributed by atoms with Crippen molar-refractivity contribution in [2.24, 2.45) is 10.7 Å². The summed E-state index contributed by atoms with van der Waals surface area (Å²) in [7, 11) is 3.20.